The number of phenols is 1. The third-order valence-corrected chi connectivity index (χ3v) is 3.68. The van der Waals surface area contributed by atoms with Gasteiger partial charge in [-0.05, 0) is 30.3 Å². The maximum atomic E-state index is 13.0. The minimum Gasteiger partial charge on any atom is -0.506 e. The van der Waals surface area contributed by atoms with Gasteiger partial charge in [0, 0.05) is 5.02 Å². The molecule has 0 aliphatic heterocycles. The van der Waals surface area contributed by atoms with Crippen molar-refractivity contribution >= 4 is 34.8 Å². The lowest BCUT2D eigenvalue weighted by Gasteiger charge is -2.17. The third kappa shape index (κ3) is 4.34. The molecule has 0 heterocycles. The van der Waals surface area contributed by atoms with Gasteiger partial charge in [0.05, 0.1) is 27.4 Å². The molecule has 2 N–H and O–H groups in total. The van der Waals surface area contributed by atoms with Gasteiger partial charge in [0.25, 0.3) is 5.91 Å². The second kappa shape index (κ2) is 6.88. The van der Waals surface area contributed by atoms with E-state index in [4.69, 9.17) is 23.2 Å². The summed E-state index contributed by atoms with van der Waals surface area (Å²) < 4.78 is 77.3. The van der Waals surface area contributed by atoms with Crippen LogP contribution < -0.4 is 5.32 Å². The fraction of sp³-hybridized carbons (Fsp3) is 0.133. The number of alkyl halides is 6. The van der Waals surface area contributed by atoms with Crippen molar-refractivity contribution in [3.05, 3.63) is 57.1 Å². The quantitative estimate of drug-likeness (QED) is 0.589. The van der Waals surface area contributed by atoms with E-state index in [0.29, 0.717) is 0 Å². The molecule has 0 aromatic heterocycles. The average molecular weight is 418 g/mol. The maximum absolute atomic E-state index is 13.0. The number of nitrogens with one attached hydrogen (secondary N) is 1. The zero-order chi connectivity index (χ0) is 19.9. The van der Waals surface area contributed by atoms with E-state index < -0.39 is 46.4 Å². The van der Waals surface area contributed by atoms with Crippen LogP contribution in [0.5, 0.6) is 5.75 Å². The minimum atomic E-state index is -5.03. The van der Waals surface area contributed by atoms with Gasteiger partial charge < -0.3 is 10.4 Å². The number of halogens is 8. The molecule has 0 radical (unpaired) electrons. The first-order valence-corrected chi connectivity index (χ1v) is 7.34. The number of carbonyl (C=O) groups is 1. The molecule has 0 saturated heterocycles. The van der Waals surface area contributed by atoms with Crippen molar-refractivity contribution in [2.45, 2.75) is 12.4 Å². The molecule has 0 saturated carbocycles. The van der Waals surface area contributed by atoms with Crippen molar-refractivity contribution in [3.8, 4) is 5.75 Å². The van der Waals surface area contributed by atoms with Gasteiger partial charge in [0.1, 0.15) is 5.75 Å². The summed E-state index contributed by atoms with van der Waals surface area (Å²) in [5.41, 5.74) is -4.62. The lowest BCUT2D eigenvalue weighted by molar-refractivity contribution is -0.140. The van der Waals surface area contributed by atoms with E-state index in [0.717, 1.165) is 12.1 Å². The first-order valence-electron chi connectivity index (χ1n) is 6.58. The van der Waals surface area contributed by atoms with Crippen molar-refractivity contribution in [2.75, 3.05) is 5.32 Å². The molecule has 26 heavy (non-hydrogen) atoms. The molecular formula is C15H7Cl2F6NO2. The zero-order valence-corrected chi connectivity index (χ0v) is 13.8. The normalized spacial score (nSPS) is 12.2. The summed E-state index contributed by atoms with van der Waals surface area (Å²) in [5, 5.41) is 11.0. The fourth-order valence-electron chi connectivity index (χ4n) is 2.00. The van der Waals surface area contributed by atoms with Crippen LogP contribution in [0.2, 0.25) is 10.0 Å². The summed E-state index contributed by atoms with van der Waals surface area (Å²) in [4.78, 5) is 12.1. The van der Waals surface area contributed by atoms with Gasteiger partial charge in [0.15, 0.2) is 0 Å². The van der Waals surface area contributed by atoms with Crippen LogP contribution in [0.4, 0.5) is 32.0 Å². The Morgan fingerprint density at radius 3 is 2.12 bits per heavy atom. The third-order valence-electron chi connectivity index (χ3n) is 3.17. The number of benzene rings is 2. The Hall–Kier alpha value is -2.13. The van der Waals surface area contributed by atoms with Crippen LogP contribution in [0.25, 0.3) is 0 Å². The van der Waals surface area contributed by atoms with Crippen molar-refractivity contribution in [3.63, 3.8) is 0 Å². The lowest BCUT2D eigenvalue weighted by atomic mass is 10.1. The second-order valence-electron chi connectivity index (χ2n) is 4.99. The van der Waals surface area contributed by atoms with E-state index in [1.54, 1.807) is 5.32 Å². The minimum absolute atomic E-state index is 0.113. The topological polar surface area (TPSA) is 49.3 Å². The molecule has 2 aromatic carbocycles. The number of phenolic OH excluding ortho intramolecular Hbond substituents is 1. The molecule has 0 fully saturated rings. The van der Waals surface area contributed by atoms with Crippen molar-refractivity contribution < 1.29 is 36.2 Å². The monoisotopic (exact) mass is 417 g/mol. The molecule has 2 rings (SSSR count). The number of anilines is 1. The molecule has 140 valence electrons. The average Bonchev–Trinajstić information content (AvgIpc) is 2.48. The summed E-state index contributed by atoms with van der Waals surface area (Å²) in [6.07, 6.45) is -9.95. The highest BCUT2D eigenvalue weighted by atomic mass is 35.5. The zero-order valence-electron chi connectivity index (χ0n) is 12.3. The van der Waals surface area contributed by atoms with Crippen LogP contribution in [-0.4, -0.2) is 11.0 Å². The van der Waals surface area contributed by atoms with Gasteiger partial charge in [-0.25, -0.2) is 0 Å². The summed E-state index contributed by atoms with van der Waals surface area (Å²) in [6, 6.07) is 2.55. The molecule has 0 spiro atoms. The Morgan fingerprint density at radius 1 is 0.962 bits per heavy atom. The van der Waals surface area contributed by atoms with E-state index in [1.807, 2.05) is 0 Å². The van der Waals surface area contributed by atoms with Crippen LogP contribution in [-0.2, 0) is 12.4 Å². The highest BCUT2D eigenvalue weighted by Gasteiger charge is 2.37. The number of amides is 1. The molecule has 0 aliphatic carbocycles. The summed E-state index contributed by atoms with van der Waals surface area (Å²) in [5.74, 6) is -2.11. The van der Waals surface area contributed by atoms with E-state index in [-0.39, 0.29) is 28.2 Å². The summed E-state index contributed by atoms with van der Waals surface area (Å²) in [6.45, 7) is 0. The molecule has 2 aromatic rings. The van der Waals surface area contributed by atoms with Gasteiger partial charge in [-0.3, -0.25) is 4.79 Å². The second-order valence-corrected chi connectivity index (χ2v) is 5.84. The fourth-order valence-corrected chi connectivity index (χ4v) is 2.49. The van der Waals surface area contributed by atoms with Crippen LogP contribution in [0.3, 0.4) is 0 Å². The predicted molar refractivity (Wildman–Crippen MR) is 82.5 cm³/mol. The molecule has 3 nitrogen and oxygen atoms in total. The highest BCUT2D eigenvalue weighted by molar-refractivity contribution is 6.36. The standard InChI is InChI=1S/C15H7Cl2F6NO2/c16-7-4-8(12(25)10(17)5-7)13(26)24-11-3-6(14(18,19)20)1-2-9(11)15(21,22)23/h1-5,25H,(H,24,26). The van der Waals surface area contributed by atoms with Crippen molar-refractivity contribution in [1.29, 1.82) is 0 Å². The molecule has 0 unspecified atom stereocenters. The van der Waals surface area contributed by atoms with E-state index in [2.05, 4.69) is 0 Å². The molecule has 0 aliphatic rings. The molecular weight excluding hydrogens is 411 g/mol. The van der Waals surface area contributed by atoms with E-state index in [1.165, 1.54) is 0 Å². The van der Waals surface area contributed by atoms with Crippen LogP contribution in [0, 0.1) is 0 Å². The van der Waals surface area contributed by atoms with E-state index >= 15 is 0 Å². The van der Waals surface area contributed by atoms with Crippen molar-refractivity contribution in [1.82, 2.24) is 0 Å². The number of rotatable bonds is 2. The van der Waals surface area contributed by atoms with Gasteiger partial charge in [-0.15, -0.1) is 0 Å². The first kappa shape index (κ1) is 20.2. The highest BCUT2D eigenvalue weighted by Crippen LogP contribution is 2.39. The lowest BCUT2D eigenvalue weighted by Crippen LogP contribution is -2.18. The van der Waals surface area contributed by atoms with Crippen LogP contribution >= 0.6 is 23.2 Å². The van der Waals surface area contributed by atoms with E-state index in [9.17, 15) is 36.2 Å². The summed E-state index contributed by atoms with van der Waals surface area (Å²) >= 11 is 11.3. The molecule has 11 heteroatoms. The Bertz CT molecular complexity index is 864. The van der Waals surface area contributed by atoms with Gasteiger partial charge in [-0.2, -0.15) is 26.3 Å². The summed E-state index contributed by atoms with van der Waals surface area (Å²) in [7, 11) is 0. The number of aromatic hydroxyl groups is 1. The maximum Gasteiger partial charge on any atom is 0.418 e. The Kier molecular flexibility index (Phi) is 5.34. The van der Waals surface area contributed by atoms with Crippen molar-refractivity contribution in [2.24, 2.45) is 0 Å². The smallest absolute Gasteiger partial charge is 0.418 e. The Morgan fingerprint density at radius 2 is 1.58 bits per heavy atom. The number of carbonyl (C=O) groups excluding carboxylic acids is 1. The predicted octanol–water partition coefficient (Wildman–Crippen LogP) is 5.99. The first-order chi connectivity index (χ1) is 11.8. The molecule has 0 bridgehead atoms. The largest absolute Gasteiger partial charge is 0.506 e. The SMILES string of the molecule is O=C(Nc1cc(C(F)(F)F)ccc1C(F)(F)F)c1cc(Cl)cc(Cl)c1O. The van der Waals surface area contributed by atoms with Crippen LogP contribution in [0.15, 0.2) is 30.3 Å². The number of hydrogen-bond donors (Lipinski definition) is 2. The molecule has 1 amide bonds. The molecule has 0 atom stereocenters. The van der Waals surface area contributed by atoms with Gasteiger partial charge in [-0.1, -0.05) is 23.2 Å². The Balaban J connectivity index is 2.52. The van der Waals surface area contributed by atoms with Crippen LogP contribution in [0.1, 0.15) is 21.5 Å². The van der Waals surface area contributed by atoms with Gasteiger partial charge >= 0.3 is 12.4 Å². The number of hydrogen-bond acceptors (Lipinski definition) is 2. The Labute approximate surface area is 152 Å². The van der Waals surface area contributed by atoms with Gasteiger partial charge in [0.2, 0.25) is 0 Å².